The van der Waals surface area contributed by atoms with Gasteiger partial charge in [-0.2, -0.15) is 5.26 Å². The average molecular weight is 336 g/mol. The van der Waals surface area contributed by atoms with Crippen molar-refractivity contribution in [2.45, 2.75) is 0 Å². The van der Waals surface area contributed by atoms with Gasteiger partial charge < -0.3 is 9.64 Å². The molecule has 0 spiro atoms. The highest BCUT2D eigenvalue weighted by atomic mass is 35.5. The second-order valence-electron chi connectivity index (χ2n) is 4.53. The van der Waals surface area contributed by atoms with Gasteiger partial charge in [0.1, 0.15) is 23.1 Å². The number of rotatable bonds is 3. The van der Waals surface area contributed by atoms with Crippen molar-refractivity contribution < 1.29 is 9.53 Å². The molecule has 0 aliphatic carbocycles. The molecule has 0 fully saturated rings. The summed E-state index contributed by atoms with van der Waals surface area (Å²) in [6.45, 7) is 0. The van der Waals surface area contributed by atoms with E-state index in [1.54, 1.807) is 26.2 Å². The Kier molecular flexibility index (Phi) is 4.86. The molecule has 0 radical (unpaired) electrons. The summed E-state index contributed by atoms with van der Waals surface area (Å²) >= 11 is 12.0. The van der Waals surface area contributed by atoms with Crippen molar-refractivity contribution in [3.8, 4) is 17.6 Å². The number of carbonyl (C=O) groups excluding carboxylic acids is 1. The standard InChI is InChI=1S/C15H11Cl2N3O2/c1-20(2)15(21)9-3-4-13(11(16)7-9)22-12-5-6-19-14(17)10(12)8-18/h3-7H,1-2H3. The Morgan fingerprint density at radius 2 is 2.00 bits per heavy atom. The van der Waals surface area contributed by atoms with Crippen LogP contribution >= 0.6 is 23.2 Å². The van der Waals surface area contributed by atoms with Gasteiger partial charge >= 0.3 is 0 Å². The molecule has 0 saturated carbocycles. The maximum Gasteiger partial charge on any atom is 0.253 e. The van der Waals surface area contributed by atoms with E-state index in [-0.39, 0.29) is 27.4 Å². The van der Waals surface area contributed by atoms with Gasteiger partial charge in [0.25, 0.3) is 5.91 Å². The van der Waals surface area contributed by atoms with E-state index in [9.17, 15) is 4.79 Å². The van der Waals surface area contributed by atoms with E-state index in [1.165, 1.54) is 23.2 Å². The number of nitrogens with zero attached hydrogens (tertiary/aromatic N) is 3. The smallest absolute Gasteiger partial charge is 0.253 e. The number of hydrogen-bond donors (Lipinski definition) is 0. The predicted octanol–water partition coefficient (Wildman–Crippen LogP) is 3.75. The number of benzene rings is 1. The second-order valence-corrected chi connectivity index (χ2v) is 5.30. The van der Waals surface area contributed by atoms with Crippen LogP contribution in [-0.2, 0) is 0 Å². The normalized spacial score (nSPS) is 9.95. The third-order valence-corrected chi connectivity index (χ3v) is 3.37. The van der Waals surface area contributed by atoms with Crippen LogP contribution in [0.4, 0.5) is 0 Å². The molecule has 1 heterocycles. The van der Waals surface area contributed by atoms with Crippen LogP contribution in [0.5, 0.6) is 11.5 Å². The average Bonchev–Trinajstić information content (AvgIpc) is 2.48. The molecule has 1 aromatic heterocycles. The molecule has 0 atom stereocenters. The molecule has 2 rings (SSSR count). The lowest BCUT2D eigenvalue weighted by molar-refractivity contribution is 0.0827. The second kappa shape index (κ2) is 6.65. The summed E-state index contributed by atoms with van der Waals surface area (Å²) < 4.78 is 5.60. The molecule has 1 aromatic carbocycles. The molecule has 0 N–H and O–H groups in total. The van der Waals surface area contributed by atoms with E-state index in [2.05, 4.69) is 4.98 Å². The van der Waals surface area contributed by atoms with Crippen molar-refractivity contribution in [3.63, 3.8) is 0 Å². The van der Waals surface area contributed by atoms with Crippen molar-refractivity contribution in [1.82, 2.24) is 9.88 Å². The fraction of sp³-hybridized carbons (Fsp3) is 0.133. The van der Waals surface area contributed by atoms with Crippen LogP contribution in [-0.4, -0.2) is 29.9 Å². The van der Waals surface area contributed by atoms with E-state index in [1.807, 2.05) is 6.07 Å². The van der Waals surface area contributed by atoms with Crippen LogP contribution in [0.1, 0.15) is 15.9 Å². The number of amides is 1. The zero-order chi connectivity index (χ0) is 16.3. The van der Waals surface area contributed by atoms with E-state index in [0.717, 1.165) is 0 Å². The van der Waals surface area contributed by atoms with Gasteiger partial charge in [0.15, 0.2) is 5.15 Å². The summed E-state index contributed by atoms with van der Waals surface area (Å²) in [6, 6.07) is 8.11. The van der Waals surface area contributed by atoms with Crippen LogP contribution < -0.4 is 4.74 Å². The zero-order valence-corrected chi connectivity index (χ0v) is 13.3. The molecule has 1 amide bonds. The fourth-order valence-corrected chi connectivity index (χ4v) is 2.11. The maximum atomic E-state index is 11.9. The van der Waals surface area contributed by atoms with E-state index < -0.39 is 0 Å². The molecule has 5 nitrogen and oxygen atoms in total. The first kappa shape index (κ1) is 16.1. The minimum Gasteiger partial charge on any atom is -0.454 e. The van der Waals surface area contributed by atoms with Gasteiger partial charge in [0.2, 0.25) is 0 Å². The molecule has 2 aromatic rings. The lowest BCUT2D eigenvalue weighted by Gasteiger charge is -2.13. The van der Waals surface area contributed by atoms with E-state index >= 15 is 0 Å². The largest absolute Gasteiger partial charge is 0.454 e. The number of nitriles is 1. The summed E-state index contributed by atoms with van der Waals surface area (Å²) in [6.07, 6.45) is 1.43. The molecule has 0 aliphatic heterocycles. The molecule has 22 heavy (non-hydrogen) atoms. The number of ether oxygens (including phenoxy) is 1. The summed E-state index contributed by atoms with van der Waals surface area (Å²) in [7, 11) is 3.30. The third-order valence-electron chi connectivity index (χ3n) is 2.78. The number of aromatic nitrogens is 1. The van der Waals surface area contributed by atoms with Gasteiger partial charge in [0.05, 0.1) is 5.02 Å². The first-order valence-electron chi connectivity index (χ1n) is 6.17. The van der Waals surface area contributed by atoms with Crippen LogP contribution in [0.25, 0.3) is 0 Å². The molecule has 7 heteroatoms. The molecule has 0 unspecified atom stereocenters. The lowest BCUT2D eigenvalue weighted by Crippen LogP contribution is -2.21. The Morgan fingerprint density at radius 3 is 2.59 bits per heavy atom. The van der Waals surface area contributed by atoms with Crippen molar-refractivity contribution in [2.75, 3.05) is 14.1 Å². The maximum absolute atomic E-state index is 11.9. The SMILES string of the molecule is CN(C)C(=O)c1ccc(Oc2ccnc(Cl)c2C#N)c(Cl)c1. The third kappa shape index (κ3) is 3.30. The topological polar surface area (TPSA) is 66.2 Å². The summed E-state index contributed by atoms with van der Waals surface area (Å²) in [4.78, 5) is 17.1. The van der Waals surface area contributed by atoms with Crippen LogP contribution in [0, 0.1) is 11.3 Å². The van der Waals surface area contributed by atoms with Gasteiger partial charge in [0, 0.05) is 31.9 Å². The van der Waals surface area contributed by atoms with Crippen LogP contribution in [0.3, 0.4) is 0 Å². The van der Waals surface area contributed by atoms with E-state index in [0.29, 0.717) is 11.3 Å². The van der Waals surface area contributed by atoms with Crippen molar-refractivity contribution in [2.24, 2.45) is 0 Å². The molecular weight excluding hydrogens is 325 g/mol. The van der Waals surface area contributed by atoms with Crippen LogP contribution in [0.15, 0.2) is 30.5 Å². The predicted molar refractivity (Wildman–Crippen MR) is 83.5 cm³/mol. The lowest BCUT2D eigenvalue weighted by atomic mass is 10.2. The molecule has 112 valence electrons. The number of hydrogen-bond acceptors (Lipinski definition) is 4. The monoisotopic (exact) mass is 335 g/mol. The highest BCUT2D eigenvalue weighted by molar-refractivity contribution is 6.32. The van der Waals surface area contributed by atoms with Gasteiger partial charge in [-0.3, -0.25) is 4.79 Å². The Hall–Kier alpha value is -2.29. The Labute approximate surface area is 137 Å². The summed E-state index contributed by atoms with van der Waals surface area (Å²) in [5, 5.41) is 9.39. The van der Waals surface area contributed by atoms with Gasteiger partial charge in [-0.05, 0) is 18.2 Å². The Balaban J connectivity index is 2.34. The van der Waals surface area contributed by atoms with E-state index in [4.69, 9.17) is 33.2 Å². The minimum absolute atomic E-state index is 0.0514. The van der Waals surface area contributed by atoms with Crippen molar-refractivity contribution in [1.29, 1.82) is 5.26 Å². The number of halogens is 2. The highest BCUT2D eigenvalue weighted by Crippen LogP contribution is 2.33. The summed E-state index contributed by atoms with van der Waals surface area (Å²) in [5.74, 6) is 0.393. The van der Waals surface area contributed by atoms with Gasteiger partial charge in [-0.15, -0.1) is 0 Å². The van der Waals surface area contributed by atoms with Crippen molar-refractivity contribution in [3.05, 3.63) is 51.8 Å². The molecule has 0 bridgehead atoms. The first-order chi connectivity index (χ1) is 10.4. The number of carbonyl (C=O) groups is 1. The molecule has 0 saturated heterocycles. The number of pyridine rings is 1. The zero-order valence-electron chi connectivity index (χ0n) is 11.8. The first-order valence-corrected chi connectivity index (χ1v) is 6.93. The Morgan fingerprint density at radius 1 is 1.27 bits per heavy atom. The quantitative estimate of drug-likeness (QED) is 0.801. The van der Waals surface area contributed by atoms with Gasteiger partial charge in [-0.1, -0.05) is 23.2 Å². The van der Waals surface area contributed by atoms with Crippen LogP contribution in [0.2, 0.25) is 10.2 Å². The molecular formula is C15H11Cl2N3O2. The highest BCUT2D eigenvalue weighted by Gasteiger charge is 2.14. The fourth-order valence-electron chi connectivity index (χ4n) is 1.70. The minimum atomic E-state index is -0.168. The molecule has 0 aliphatic rings. The van der Waals surface area contributed by atoms with Crippen molar-refractivity contribution >= 4 is 29.1 Å². The van der Waals surface area contributed by atoms with Gasteiger partial charge in [-0.25, -0.2) is 4.98 Å². The Bertz CT molecular complexity index is 770. The summed E-state index contributed by atoms with van der Waals surface area (Å²) in [5.41, 5.74) is 0.560.